The number of para-hydroxylation sites is 1. The number of anilines is 2. The van der Waals surface area contributed by atoms with Crippen molar-refractivity contribution in [2.45, 2.75) is 17.9 Å². The van der Waals surface area contributed by atoms with Crippen LogP contribution >= 0.6 is 0 Å². The highest BCUT2D eigenvalue weighted by Crippen LogP contribution is 2.23. The third-order valence-electron chi connectivity index (χ3n) is 3.89. The van der Waals surface area contributed by atoms with Crippen molar-refractivity contribution in [2.24, 2.45) is 0 Å². The van der Waals surface area contributed by atoms with Gasteiger partial charge < -0.3 is 15.4 Å². The molecule has 2 aromatic carbocycles. The van der Waals surface area contributed by atoms with Crippen LogP contribution in [0.4, 0.5) is 11.4 Å². The number of ether oxygens (including phenoxy) is 1. The molecule has 0 aliphatic rings. The molecule has 146 valence electrons. The van der Waals surface area contributed by atoms with Crippen molar-refractivity contribution in [3.05, 3.63) is 54.6 Å². The van der Waals surface area contributed by atoms with Crippen LogP contribution in [-0.2, 0) is 19.6 Å². The molecule has 0 radical (unpaired) electrons. The molecule has 2 rings (SSSR count). The minimum Gasteiger partial charge on any atom is -0.383 e. The van der Waals surface area contributed by atoms with Gasteiger partial charge in [-0.05, 0) is 37.3 Å². The van der Waals surface area contributed by atoms with E-state index in [-0.39, 0.29) is 23.4 Å². The molecule has 1 atom stereocenters. The summed E-state index contributed by atoms with van der Waals surface area (Å²) in [5.41, 5.74) is 1.12. The largest absolute Gasteiger partial charge is 0.383 e. The number of hydrogen-bond acceptors (Lipinski definition) is 5. The van der Waals surface area contributed by atoms with E-state index in [1.165, 1.54) is 23.5 Å². The van der Waals surface area contributed by atoms with Gasteiger partial charge >= 0.3 is 0 Å². The van der Waals surface area contributed by atoms with Gasteiger partial charge in [0.15, 0.2) is 0 Å². The van der Waals surface area contributed by atoms with Crippen LogP contribution < -0.4 is 14.9 Å². The van der Waals surface area contributed by atoms with Gasteiger partial charge in [0.1, 0.15) is 0 Å². The van der Waals surface area contributed by atoms with Gasteiger partial charge in [0, 0.05) is 25.9 Å². The summed E-state index contributed by atoms with van der Waals surface area (Å²) in [6, 6.07) is 15.1. The monoisotopic (exact) mass is 391 g/mol. The van der Waals surface area contributed by atoms with Gasteiger partial charge in [0.2, 0.25) is 5.91 Å². The molecule has 0 bridgehead atoms. The Kier molecular flexibility index (Phi) is 7.20. The number of methoxy groups -OCH3 is 1. The molecule has 0 fully saturated rings. The number of carbonyl (C=O) groups excluding carboxylic acids is 1. The lowest BCUT2D eigenvalue weighted by Crippen LogP contribution is -2.39. The summed E-state index contributed by atoms with van der Waals surface area (Å²) in [6.45, 7) is 2.30. The molecule has 1 amide bonds. The lowest BCUT2D eigenvalue weighted by molar-refractivity contribution is -0.120. The van der Waals surface area contributed by atoms with Gasteiger partial charge in [-0.25, -0.2) is 8.42 Å². The predicted octanol–water partition coefficient (Wildman–Crippen LogP) is 2.07. The molecule has 2 aromatic rings. The molecular weight excluding hydrogens is 366 g/mol. The first-order valence-corrected chi connectivity index (χ1v) is 9.95. The van der Waals surface area contributed by atoms with Crippen molar-refractivity contribution in [3.63, 3.8) is 0 Å². The summed E-state index contributed by atoms with van der Waals surface area (Å²) in [5.74, 6) is -0.200. The standard InChI is InChI=1S/C19H25N3O4S/c1-15(14-26-3)21-19(23)13-20-16-8-7-11-18(12-16)27(24,25)22(2)17-9-5-4-6-10-17/h4-12,15,20H,13-14H2,1-3H3,(H,21,23). The SMILES string of the molecule is COCC(C)NC(=O)CNc1cccc(S(=O)(=O)N(C)c2ccccc2)c1. The van der Waals surface area contributed by atoms with Gasteiger partial charge in [-0.2, -0.15) is 0 Å². The van der Waals surface area contributed by atoms with Crippen LogP contribution in [0.3, 0.4) is 0 Å². The van der Waals surface area contributed by atoms with Crippen molar-refractivity contribution >= 4 is 27.3 Å². The number of hydrogen-bond donors (Lipinski definition) is 2. The number of nitrogens with zero attached hydrogens (tertiary/aromatic N) is 1. The normalized spacial score (nSPS) is 12.3. The van der Waals surface area contributed by atoms with Crippen molar-refractivity contribution in [2.75, 3.05) is 36.9 Å². The minimum atomic E-state index is -3.70. The van der Waals surface area contributed by atoms with Crippen LogP contribution in [0.1, 0.15) is 6.92 Å². The third-order valence-corrected chi connectivity index (χ3v) is 5.67. The van der Waals surface area contributed by atoms with Gasteiger partial charge in [-0.15, -0.1) is 0 Å². The van der Waals surface area contributed by atoms with Crippen LogP contribution in [-0.4, -0.2) is 47.7 Å². The highest BCUT2D eigenvalue weighted by Gasteiger charge is 2.21. The zero-order chi connectivity index (χ0) is 19.9. The fourth-order valence-corrected chi connectivity index (χ4v) is 3.74. The maximum Gasteiger partial charge on any atom is 0.264 e. The van der Waals surface area contributed by atoms with Gasteiger partial charge in [-0.1, -0.05) is 24.3 Å². The molecule has 8 heteroatoms. The molecule has 1 unspecified atom stereocenters. The molecule has 0 heterocycles. The summed E-state index contributed by atoms with van der Waals surface area (Å²) in [6.07, 6.45) is 0. The van der Waals surface area contributed by atoms with Crippen LogP contribution in [0.15, 0.2) is 59.5 Å². The number of rotatable bonds is 9. The Labute approximate surface area is 160 Å². The molecule has 0 aliphatic carbocycles. The van der Waals surface area contributed by atoms with Crippen LogP contribution in [0.2, 0.25) is 0 Å². The second kappa shape index (κ2) is 9.38. The Morgan fingerprint density at radius 3 is 2.52 bits per heavy atom. The molecule has 0 spiro atoms. The predicted molar refractivity (Wildman–Crippen MR) is 106 cm³/mol. The lowest BCUT2D eigenvalue weighted by Gasteiger charge is -2.20. The summed E-state index contributed by atoms with van der Waals surface area (Å²) >= 11 is 0. The Hall–Kier alpha value is -2.58. The van der Waals surface area contributed by atoms with E-state index in [4.69, 9.17) is 4.74 Å². The van der Waals surface area contributed by atoms with E-state index in [2.05, 4.69) is 10.6 Å². The van der Waals surface area contributed by atoms with E-state index in [9.17, 15) is 13.2 Å². The smallest absolute Gasteiger partial charge is 0.264 e. The zero-order valence-electron chi connectivity index (χ0n) is 15.7. The van der Waals surface area contributed by atoms with Gasteiger partial charge in [0.05, 0.1) is 23.7 Å². The van der Waals surface area contributed by atoms with Gasteiger partial charge in [0.25, 0.3) is 10.0 Å². The van der Waals surface area contributed by atoms with Crippen molar-refractivity contribution in [1.82, 2.24) is 5.32 Å². The number of benzene rings is 2. The van der Waals surface area contributed by atoms with E-state index in [1.54, 1.807) is 43.5 Å². The Morgan fingerprint density at radius 1 is 1.15 bits per heavy atom. The summed E-state index contributed by atoms with van der Waals surface area (Å²) in [7, 11) is -0.625. The number of nitrogens with one attached hydrogen (secondary N) is 2. The maximum atomic E-state index is 12.8. The first-order chi connectivity index (χ1) is 12.8. The Bertz CT molecular complexity index is 856. The van der Waals surface area contributed by atoms with Crippen LogP contribution in [0.5, 0.6) is 0 Å². The number of amides is 1. The molecule has 2 N–H and O–H groups in total. The van der Waals surface area contributed by atoms with Crippen LogP contribution in [0, 0.1) is 0 Å². The highest BCUT2D eigenvalue weighted by atomic mass is 32.2. The average Bonchev–Trinajstić information content (AvgIpc) is 2.67. The number of sulfonamides is 1. The third kappa shape index (κ3) is 5.70. The summed E-state index contributed by atoms with van der Waals surface area (Å²) < 4.78 is 31.9. The van der Waals surface area contributed by atoms with E-state index in [0.717, 1.165) is 0 Å². The molecule has 0 saturated carbocycles. The molecule has 27 heavy (non-hydrogen) atoms. The van der Waals surface area contributed by atoms with Crippen molar-refractivity contribution in [1.29, 1.82) is 0 Å². The fraction of sp³-hybridized carbons (Fsp3) is 0.316. The van der Waals surface area contributed by atoms with Crippen molar-refractivity contribution in [3.8, 4) is 0 Å². The Balaban J connectivity index is 2.07. The molecule has 0 aromatic heterocycles. The topological polar surface area (TPSA) is 87.7 Å². The van der Waals surface area contributed by atoms with Gasteiger partial charge in [-0.3, -0.25) is 9.10 Å². The lowest BCUT2D eigenvalue weighted by atomic mass is 10.3. The molecule has 0 saturated heterocycles. The molecule has 0 aliphatic heterocycles. The summed E-state index contributed by atoms with van der Waals surface area (Å²) in [4.78, 5) is 12.1. The second-order valence-corrected chi connectivity index (χ2v) is 8.08. The highest BCUT2D eigenvalue weighted by molar-refractivity contribution is 7.92. The minimum absolute atomic E-state index is 0.0338. The second-order valence-electron chi connectivity index (χ2n) is 6.11. The number of carbonyl (C=O) groups is 1. The molecule has 7 nitrogen and oxygen atoms in total. The first-order valence-electron chi connectivity index (χ1n) is 8.51. The first kappa shape index (κ1) is 20.7. The Morgan fingerprint density at radius 2 is 1.85 bits per heavy atom. The summed E-state index contributed by atoms with van der Waals surface area (Å²) in [5, 5.41) is 5.73. The zero-order valence-corrected chi connectivity index (χ0v) is 16.5. The van der Waals surface area contributed by atoms with E-state index in [1.807, 2.05) is 13.0 Å². The van der Waals surface area contributed by atoms with E-state index >= 15 is 0 Å². The quantitative estimate of drug-likeness (QED) is 0.683. The van der Waals surface area contributed by atoms with Crippen molar-refractivity contribution < 1.29 is 17.9 Å². The van der Waals surface area contributed by atoms with E-state index in [0.29, 0.717) is 18.0 Å². The average molecular weight is 391 g/mol. The van der Waals surface area contributed by atoms with E-state index < -0.39 is 10.0 Å². The van der Waals surface area contributed by atoms with Crippen LogP contribution in [0.25, 0.3) is 0 Å². The fourth-order valence-electron chi connectivity index (χ4n) is 2.50. The molecular formula is C19H25N3O4S. The maximum absolute atomic E-state index is 12.8.